The summed E-state index contributed by atoms with van der Waals surface area (Å²) in [7, 11) is 1.16. The van der Waals surface area contributed by atoms with Crippen LogP contribution < -0.4 is 5.32 Å². The van der Waals surface area contributed by atoms with Crippen LogP contribution in [-0.2, 0) is 27.4 Å². The summed E-state index contributed by atoms with van der Waals surface area (Å²) < 4.78 is 6.34. The van der Waals surface area contributed by atoms with E-state index in [0.29, 0.717) is 19.6 Å². The highest BCUT2D eigenvalue weighted by Crippen LogP contribution is 2.10. The number of carbonyl (C=O) groups is 3. The van der Waals surface area contributed by atoms with E-state index in [1.807, 2.05) is 10.8 Å². The molecule has 0 unspecified atom stereocenters. The number of carbonyl (C=O) groups excluding carboxylic acids is 2. The number of fused-ring (bicyclic) bond motifs is 1. The highest BCUT2D eigenvalue weighted by Gasteiger charge is 2.28. The molecule has 0 saturated carbocycles. The summed E-state index contributed by atoms with van der Waals surface area (Å²) in [5.74, 6) is -1.25. The van der Waals surface area contributed by atoms with Gasteiger partial charge in [-0.3, -0.25) is 4.79 Å². The van der Waals surface area contributed by atoms with Gasteiger partial charge in [0, 0.05) is 25.5 Å². The molecule has 2 rings (SSSR count). The number of amides is 2. The third kappa shape index (κ3) is 3.50. The zero-order valence-electron chi connectivity index (χ0n) is 11.5. The lowest BCUT2D eigenvalue weighted by Crippen LogP contribution is -2.50. The first kappa shape index (κ1) is 14.8. The third-order valence-electron chi connectivity index (χ3n) is 3.23. The Bertz CT molecular complexity index is 556. The first-order valence-electron chi connectivity index (χ1n) is 6.36. The van der Waals surface area contributed by atoms with Crippen LogP contribution in [0.2, 0.25) is 0 Å². The number of hydrogen-bond donors (Lipinski definition) is 2. The molecule has 1 aromatic heterocycles. The zero-order valence-corrected chi connectivity index (χ0v) is 11.5. The number of esters is 1. The molecule has 0 aliphatic carbocycles. The highest BCUT2D eigenvalue weighted by molar-refractivity contribution is 5.86. The molecule has 0 spiro atoms. The number of carboxylic acids is 1. The molecular weight excluding hydrogens is 280 g/mol. The summed E-state index contributed by atoms with van der Waals surface area (Å²) in [6, 6.07) is -1.85. The van der Waals surface area contributed by atoms with Gasteiger partial charge in [0.05, 0.1) is 20.1 Å². The van der Waals surface area contributed by atoms with E-state index >= 15 is 0 Å². The number of nitrogens with one attached hydrogen (secondary N) is 1. The molecular formula is C12H16N4O5. The molecule has 9 nitrogen and oxygen atoms in total. The number of rotatable bonds is 4. The fourth-order valence-electron chi connectivity index (χ4n) is 2.04. The van der Waals surface area contributed by atoms with E-state index in [-0.39, 0.29) is 0 Å². The Morgan fingerprint density at radius 1 is 1.48 bits per heavy atom. The van der Waals surface area contributed by atoms with Crippen LogP contribution in [0.3, 0.4) is 0 Å². The van der Waals surface area contributed by atoms with Crippen molar-refractivity contribution in [2.24, 2.45) is 0 Å². The standard InChI is InChI=1S/C12H16N4O5/c1-21-10(17)6-8(11(18)19)14-12(20)16-5-4-15-3-2-13-9(15)7-16/h2-3,8H,4-7H2,1H3,(H,14,20)(H,18,19)/t8-/m0/s1. The van der Waals surface area contributed by atoms with Crippen molar-refractivity contribution in [2.45, 2.75) is 25.6 Å². The first-order valence-corrected chi connectivity index (χ1v) is 6.36. The van der Waals surface area contributed by atoms with Crippen molar-refractivity contribution in [1.29, 1.82) is 0 Å². The second kappa shape index (κ2) is 6.25. The van der Waals surface area contributed by atoms with Crippen molar-refractivity contribution in [3.8, 4) is 0 Å². The minimum absolute atomic E-state index is 0.295. The summed E-state index contributed by atoms with van der Waals surface area (Å²) in [4.78, 5) is 39.9. The van der Waals surface area contributed by atoms with E-state index in [4.69, 9.17) is 5.11 Å². The number of aromatic nitrogens is 2. The normalized spacial score (nSPS) is 15.0. The first-order chi connectivity index (χ1) is 10.0. The maximum Gasteiger partial charge on any atom is 0.326 e. The minimum Gasteiger partial charge on any atom is -0.480 e. The van der Waals surface area contributed by atoms with Crippen LogP contribution in [0.5, 0.6) is 0 Å². The van der Waals surface area contributed by atoms with Crippen molar-refractivity contribution in [1.82, 2.24) is 19.8 Å². The van der Waals surface area contributed by atoms with Gasteiger partial charge in [0.25, 0.3) is 0 Å². The molecule has 21 heavy (non-hydrogen) atoms. The number of carboxylic acid groups (broad SMARTS) is 1. The van der Waals surface area contributed by atoms with E-state index in [1.165, 1.54) is 4.90 Å². The molecule has 1 atom stereocenters. The van der Waals surface area contributed by atoms with Gasteiger partial charge in [0.15, 0.2) is 0 Å². The Morgan fingerprint density at radius 3 is 2.90 bits per heavy atom. The van der Waals surface area contributed by atoms with E-state index < -0.39 is 30.4 Å². The number of ether oxygens (including phenoxy) is 1. The summed E-state index contributed by atoms with van der Waals surface area (Å²) in [5, 5.41) is 11.4. The van der Waals surface area contributed by atoms with Gasteiger partial charge in [-0.15, -0.1) is 0 Å². The molecule has 2 N–H and O–H groups in total. The van der Waals surface area contributed by atoms with E-state index in [1.54, 1.807) is 6.20 Å². The van der Waals surface area contributed by atoms with Crippen LogP contribution >= 0.6 is 0 Å². The van der Waals surface area contributed by atoms with Crippen LogP contribution in [0.25, 0.3) is 0 Å². The van der Waals surface area contributed by atoms with E-state index in [2.05, 4.69) is 15.0 Å². The van der Waals surface area contributed by atoms with Crippen molar-refractivity contribution < 1.29 is 24.2 Å². The van der Waals surface area contributed by atoms with Gasteiger partial charge >= 0.3 is 18.0 Å². The topological polar surface area (TPSA) is 114 Å². The van der Waals surface area contributed by atoms with Crippen LogP contribution in [0, 0.1) is 0 Å². The molecule has 0 bridgehead atoms. The predicted molar refractivity (Wildman–Crippen MR) is 69.2 cm³/mol. The molecule has 2 amide bonds. The molecule has 9 heteroatoms. The maximum atomic E-state index is 12.1. The molecule has 0 saturated heterocycles. The monoisotopic (exact) mass is 296 g/mol. The Balaban J connectivity index is 1.96. The van der Waals surface area contributed by atoms with Gasteiger partial charge in [0.2, 0.25) is 0 Å². The van der Waals surface area contributed by atoms with E-state index in [9.17, 15) is 14.4 Å². The highest BCUT2D eigenvalue weighted by atomic mass is 16.5. The Morgan fingerprint density at radius 2 is 2.24 bits per heavy atom. The summed E-state index contributed by atoms with van der Waals surface area (Å²) in [5.41, 5.74) is 0. The molecule has 1 aliphatic heterocycles. The second-order valence-electron chi connectivity index (χ2n) is 4.58. The molecule has 2 heterocycles. The van der Waals surface area contributed by atoms with Crippen molar-refractivity contribution >= 4 is 18.0 Å². The van der Waals surface area contributed by atoms with Gasteiger partial charge in [-0.25, -0.2) is 14.6 Å². The molecule has 1 aromatic rings. The smallest absolute Gasteiger partial charge is 0.326 e. The van der Waals surface area contributed by atoms with Crippen LogP contribution in [-0.4, -0.2) is 57.2 Å². The number of methoxy groups -OCH3 is 1. The quantitative estimate of drug-likeness (QED) is 0.719. The van der Waals surface area contributed by atoms with Gasteiger partial charge in [-0.2, -0.15) is 0 Å². The lowest BCUT2D eigenvalue weighted by Gasteiger charge is -2.28. The van der Waals surface area contributed by atoms with Gasteiger partial charge < -0.3 is 24.6 Å². The van der Waals surface area contributed by atoms with Crippen molar-refractivity contribution in [2.75, 3.05) is 13.7 Å². The second-order valence-corrected chi connectivity index (χ2v) is 4.58. The number of nitrogens with zero attached hydrogens (tertiary/aromatic N) is 3. The maximum absolute atomic E-state index is 12.1. The molecule has 0 fully saturated rings. The zero-order chi connectivity index (χ0) is 15.4. The SMILES string of the molecule is COC(=O)C[C@H](NC(=O)N1CCn2ccnc2C1)C(=O)O. The Labute approximate surface area is 120 Å². The van der Waals surface area contributed by atoms with Crippen molar-refractivity contribution in [3.05, 3.63) is 18.2 Å². The summed E-state index contributed by atoms with van der Waals surface area (Å²) in [6.07, 6.45) is 3.05. The van der Waals surface area contributed by atoms with Crippen LogP contribution in [0.15, 0.2) is 12.4 Å². The fourth-order valence-corrected chi connectivity index (χ4v) is 2.04. The molecule has 1 aliphatic rings. The number of imidazole rings is 1. The third-order valence-corrected chi connectivity index (χ3v) is 3.23. The lowest BCUT2D eigenvalue weighted by molar-refractivity contribution is -0.147. The average Bonchev–Trinajstić information content (AvgIpc) is 2.93. The Hall–Kier alpha value is -2.58. The molecule has 0 aromatic carbocycles. The van der Waals surface area contributed by atoms with Crippen LogP contribution in [0.1, 0.15) is 12.2 Å². The molecule has 114 valence electrons. The number of hydrogen-bond acceptors (Lipinski definition) is 5. The predicted octanol–water partition coefficient (Wildman–Crippen LogP) is -0.575. The number of aliphatic carboxylic acids is 1. The number of urea groups is 1. The lowest BCUT2D eigenvalue weighted by atomic mass is 10.2. The largest absolute Gasteiger partial charge is 0.480 e. The summed E-state index contributed by atoms with van der Waals surface area (Å²) >= 11 is 0. The Kier molecular flexibility index (Phi) is 4.41. The molecule has 0 radical (unpaired) electrons. The fraction of sp³-hybridized carbons (Fsp3) is 0.500. The minimum atomic E-state index is -1.31. The van der Waals surface area contributed by atoms with Gasteiger partial charge in [-0.05, 0) is 0 Å². The summed E-state index contributed by atoms with van der Waals surface area (Å²) in [6.45, 7) is 1.33. The van der Waals surface area contributed by atoms with E-state index in [0.717, 1.165) is 12.9 Å². The van der Waals surface area contributed by atoms with Gasteiger partial charge in [-0.1, -0.05) is 0 Å². The average molecular weight is 296 g/mol. The van der Waals surface area contributed by atoms with Crippen molar-refractivity contribution in [3.63, 3.8) is 0 Å². The van der Waals surface area contributed by atoms with Crippen LogP contribution in [0.4, 0.5) is 4.79 Å². The van der Waals surface area contributed by atoms with Gasteiger partial charge in [0.1, 0.15) is 11.9 Å².